The molecule has 1 aromatic heterocycles. The first-order chi connectivity index (χ1) is 13.5. The Balaban J connectivity index is 2.31. The molecule has 2 N–H and O–H groups in total. The SMILES string of the molecule is CC(O)C(C)(O)Cn1c(=O)n(Cc2ccc(Cl)cc2)c(=O)c2ccc(Cl)c(F)c21. The van der Waals surface area contributed by atoms with Crippen molar-refractivity contribution in [2.45, 2.75) is 38.6 Å². The van der Waals surface area contributed by atoms with Crippen molar-refractivity contribution in [3.8, 4) is 0 Å². The van der Waals surface area contributed by atoms with E-state index in [4.69, 9.17) is 23.2 Å². The van der Waals surface area contributed by atoms with Gasteiger partial charge in [-0.1, -0.05) is 35.3 Å². The average Bonchev–Trinajstić information content (AvgIpc) is 2.66. The normalized spacial score (nSPS) is 14.7. The van der Waals surface area contributed by atoms with E-state index in [-0.39, 0.29) is 22.5 Å². The molecule has 0 aliphatic carbocycles. The predicted molar refractivity (Wildman–Crippen MR) is 110 cm³/mol. The van der Waals surface area contributed by atoms with Gasteiger partial charge in [-0.2, -0.15) is 0 Å². The summed E-state index contributed by atoms with van der Waals surface area (Å²) in [5.74, 6) is -0.946. The Morgan fingerprint density at radius 2 is 1.72 bits per heavy atom. The Hall–Kier alpha value is -2.19. The number of hydrogen-bond donors (Lipinski definition) is 2. The molecule has 0 amide bonds. The summed E-state index contributed by atoms with van der Waals surface area (Å²) in [5, 5.41) is 20.5. The van der Waals surface area contributed by atoms with Gasteiger partial charge in [-0.05, 0) is 43.7 Å². The molecule has 2 atom stereocenters. The van der Waals surface area contributed by atoms with E-state index in [0.717, 1.165) is 9.13 Å². The number of aliphatic hydroxyl groups excluding tert-OH is 1. The number of fused-ring (bicyclic) bond motifs is 1. The maximum atomic E-state index is 14.8. The molecule has 0 aliphatic rings. The molecule has 0 spiro atoms. The van der Waals surface area contributed by atoms with Gasteiger partial charge in [0.05, 0.1) is 35.1 Å². The second kappa shape index (κ2) is 7.91. The zero-order valence-electron chi connectivity index (χ0n) is 15.7. The Morgan fingerprint density at radius 3 is 2.31 bits per heavy atom. The minimum Gasteiger partial charge on any atom is -0.390 e. The van der Waals surface area contributed by atoms with Gasteiger partial charge in [0, 0.05) is 5.02 Å². The lowest BCUT2D eigenvalue weighted by atomic mass is 10.0. The van der Waals surface area contributed by atoms with Crippen molar-refractivity contribution in [2.24, 2.45) is 0 Å². The number of aliphatic hydroxyl groups is 2. The summed E-state index contributed by atoms with van der Waals surface area (Å²) in [4.78, 5) is 26.1. The Bertz CT molecular complexity index is 1180. The standard InChI is InChI=1S/C20H19Cl2FN2O4/c1-11(26)20(2,29)10-25-17-14(7-8-15(22)16(17)23)18(27)24(19(25)28)9-12-3-5-13(21)6-4-12/h3-8,11,26,29H,9-10H2,1-2H3. The predicted octanol–water partition coefficient (Wildman–Crippen LogP) is 2.79. The third kappa shape index (κ3) is 4.09. The van der Waals surface area contributed by atoms with Crippen molar-refractivity contribution in [1.29, 1.82) is 0 Å². The van der Waals surface area contributed by atoms with Crippen LogP contribution in [0.3, 0.4) is 0 Å². The van der Waals surface area contributed by atoms with E-state index in [0.29, 0.717) is 10.6 Å². The molecule has 0 radical (unpaired) electrons. The summed E-state index contributed by atoms with van der Waals surface area (Å²) in [7, 11) is 0. The van der Waals surface area contributed by atoms with Crippen LogP contribution in [0.15, 0.2) is 46.0 Å². The average molecular weight is 441 g/mol. The van der Waals surface area contributed by atoms with Crippen molar-refractivity contribution in [2.75, 3.05) is 0 Å². The molecule has 3 rings (SSSR count). The number of aromatic nitrogens is 2. The molecule has 1 heterocycles. The second-order valence-electron chi connectivity index (χ2n) is 7.18. The van der Waals surface area contributed by atoms with E-state index in [1.807, 2.05) is 0 Å². The second-order valence-corrected chi connectivity index (χ2v) is 8.02. The van der Waals surface area contributed by atoms with E-state index in [1.54, 1.807) is 24.3 Å². The first-order valence-electron chi connectivity index (χ1n) is 8.79. The quantitative estimate of drug-likeness (QED) is 0.638. The van der Waals surface area contributed by atoms with Crippen molar-refractivity contribution >= 4 is 34.1 Å². The van der Waals surface area contributed by atoms with Gasteiger partial charge in [0.2, 0.25) is 0 Å². The molecule has 29 heavy (non-hydrogen) atoms. The number of hydrogen-bond acceptors (Lipinski definition) is 4. The molecular formula is C20H19Cl2FN2O4. The Labute approximate surface area is 175 Å². The van der Waals surface area contributed by atoms with Crippen LogP contribution in [-0.4, -0.2) is 31.1 Å². The monoisotopic (exact) mass is 440 g/mol. The summed E-state index contributed by atoms with van der Waals surface area (Å²) in [6, 6.07) is 9.13. The molecule has 9 heteroatoms. The Morgan fingerprint density at radius 1 is 1.10 bits per heavy atom. The maximum absolute atomic E-state index is 14.8. The van der Waals surface area contributed by atoms with Crippen LogP contribution in [-0.2, 0) is 13.1 Å². The van der Waals surface area contributed by atoms with E-state index in [9.17, 15) is 24.2 Å². The minimum atomic E-state index is -1.76. The van der Waals surface area contributed by atoms with Crippen molar-refractivity contribution in [3.05, 3.63) is 78.7 Å². The first-order valence-corrected chi connectivity index (χ1v) is 9.54. The van der Waals surface area contributed by atoms with Gasteiger partial charge in [0.1, 0.15) is 5.60 Å². The highest BCUT2D eigenvalue weighted by molar-refractivity contribution is 6.31. The summed E-state index contributed by atoms with van der Waals surface area (Å²) in [6.07, 6.45) is -1.22. The van der Waals surface area contributed by atoms with Gasteiger partial charge in [0.15, 0.2) is 5.82 Å². The van der Waals surface area contributed by atoms with Crippen LogP contribution < -0.4 is 11.2 Å². The number of benzene rings is 2. The highest BCUT2D eigenvalue weighted by Gasteiger charge is 2.30. The van der Waals surface area contributed by atoms with Crippen LogP contribution in [0.5, 0.6) is 0 Å². The molecule has 0 bridgehead atoms. The number of rotatable bonds is 5. The molecular weight excluding hydrogens is 422 g/mol. The molecule has 2 aromatic carbocycles. The zero-order chi connectivity index (χ0) is 21.5. The van der Waals surface area contributed by atoms with Crippen molar-refractivity contribution in [1.82, 2.24) is 9.13 Å². The van der Waals surface area contributed by atoms with Gasteiger partial charge in [0.25, 0.3) is 5.56 Å². The minimum absolute atomic E-state index is 0.0677. The van der Waals surface area contributed by atoms with Crippen molar-refractivity contribution < 1.29 is 14.6 Å². The summed E-state index contributed by atoms with van der Waals surface area (Å²) in [5.41, 5.74) is -2.96. The van der Waals surface area contributed by atoms with Crippen LogP contribution >= 0.6 is 23.2 Å². The first kappa shape index (κ1) is 21.5. The van der Waals surface area contributed by atoms with Gasteiger partial charge in [-0.3, -0.25) is 13.9 Å². The lowest BCUT2D eigenvalue weighted by molar-refractivity contribution is -0.0633. The van der Waals surface area contributed by atoms with Crippen LogP contribution in [0.1, 0.15) is 19.4 Å². The number of halogens is 3. The van der Waals surface area contributed by atoms with Gasteiger partial charge in [-0.15, -0.1) is 0 Å². The largest absolute Gasteiger partial charge is 0.390 e. The van der Waals surface area contributed by atoms with Crippen LogP contribution in [0.25, 0.3) is 10.9 Å². The molecule has 3 aromatic rings. The van der Waals surface area contributed by atoms with Gasteiger partial charge >= 0.3 is 5.69 Å². The van der Waals surface area contributed by atoms with E-state index in [1.165, 1.54) is 26.0 Å². The maximum Gasteiger partial charge on any atom is 0.331 e. The molecule has 2 unspecified atom stereocenters. The lowest BCUT2D eigenvalue weighted by Gasteiger charge is -2.28. The lowest BCUT2D eigenvalue weighted by Crippen LogP contribution is -2.48. The van der Waals surface area contributed by atoms with E-state index < -0.39 is 35.3 Å². The molecule has 6 nitrogen and oxygen atoms in total. The van der Waals surface area contributed by atoms with E-state index in [2.05, 4.69) is 0 Å². The molecule has 0 aliphatic heterocycles. The highest BCUT2D eigenvalue weighted by atomic mass is 35.5. The number of nitrogens with zero attached hydrogens (tertiary/aromatic N) is 2. The third-order valence-corrected chi connectivity index (χ3v) is 5.45. The third-order valence-electron chi connectivity index (χ3n) is 4.91. The Kier molecular flexibility index (Phi) is 5.87. The van der Waals surface area contributed by atoms with Gasteiger partial charge < -0.3 is 10.2 Å². The van der Waals surface area contributed by atoms with Crippen LogP contribution in [0, 0.1) is 5.82 Å². The highest BCUT2D eigenvalue weighted by Crippen LogP contribution is 2.24. The molecule has 0 saturated carbocycles. The fourth-order valence-corrected chi connectivity index (χ4v) is 3.24. The van der Waals surface area contributed by atoms with Crippen LogP contribution in [0.4, 0.5) is 4.39 Å². The zero-order valence-corrected chi connectivity index (χ0v) is 17.2. The summed E-state index contributed by atoms with van der Waals surface area (Å²) < 4.78 is 16.7. The van der Waals surface area contributed by atoms with Crippen LogP contribution in [0.2, 0.25) is 10.0 Å². The van der Waals surface area contributed by atoms with Crippen molar-refractivity contribution in [3.63, 3.8) is 0 Å². The molecule has 0 saturated heterocycles. The van der Waals surface area contributed by atoms with Gasteiger partial charge in [-0.25, -0.2) is 9.18 Å². The fourth-order valence-electron chi connectivity index (χ4n) is 2.96. The van der Waals surface area contributed by atoms with E-state index >= 15 is 0 Å². The topological polar surface area (TPSA) is 84.5 Å². The molecule has 0 fully saturated rings. The smallest absolute Gasteiger partial charge is 0.331 e. The summed E-state index contributed by atoms with van der Waals surface area (Å²) >= 11 is 11.7. The fraction of sp³-hybridized carbons (Fsp3) is 0.300. The molecule has 154 valence electrons. The summed E-state index contributed by atoms with van der Waals surface area (Å²) in [6.45, 7) is 2.14.